The van der Waals surface area contributed by atoms with Crippen molar-refractivity contribution in [3.05, 3.63) is 46.5 Å². The van der Waals surface area contributed by atoms with Gasteiger partial charge in [-0.2, -0.15) is 5.10 Å². The fourth-order valence-electron chi connectivity index (χ4n) is 2.30. The van der Waals surface area contributed by atoms with Crippen LogP contribution in [0.15, 0.2) is 30.6 Å². The average Bonchev–Trinajstić information content (AvgIpc) is 3.05. The molecule has 7 heteroatoms. The van der Waals surface area contributed by atoms with Crippen LogP contribution in [0.4, 0.5) is 4.79 Å². The fourth-order valence-corrected chi connectivity index (χ4v) is 2.40. The van der Waals surface area contributed by atoms with Gasteiger partial charge in [-0.3, -0.25) is 5.10 Å². The smallest absolute Gasteiger partial charge is 0.407 e. The van der Waals surface area contributed by atoms with Crippen LogP contribution < -0.4 is 5.32 Å². The van der Waals surface area contributed by atoms with E-state index in [2.05, 4.69) is 27.6 Å². The van der Waals surface area contributed by atoms with E-state index in [4.69, 9.17) is 17.0 Å². The number of H-pyrrole nitrogens is 1. The summed E-state index contributed by atoms with van der Waals surface area (Å²) in [5.74, 6) is 0. The van der Waals surface area contributed by atoms with Gasteiger partial charge in [0, 0.05) is 13.1 Å². The minimum atomic E-state index is -0.310. The third-order valence-electron chi connectivity index (χ3n) is 3.36. The molecule has 22 heavy (non-hydrogen) atoms. The number of carbonyl (C=O) groups excluding carboxylic acids is 1. The van der Waals surface area contributed by atoms with Crippen LogP contribution in [0.1, 0.15) is 18.1 Å². The number of aryl methyl sites for hydroxylation is 1. The van der Waals surface area contributed by atoms with Crippen molar-refractivity contribution in [1.29, 1.82) is 0 Å². The zero-order valence-electron chi connectivity index (χ0n) is 12.7. The Balaban J connectivity index is 0.000000211. The molecule has 0 saturated carbocycles. The summed E-state index contributed by atoms with van der Waals surface area (Å²) in [6.45, 7) is 2.23. The molecule has 1 heterocycles. The van der Waals surface area contributed by atoms with Crippen molar-refractivity contribution in [2.24, 2.45) is 7.05 Å². The maximum absolute atomic E-state index is 11.2. The highest BCUT2D eigenvalue weighted by Gasteiger charge is 2.22. The molecule has 0 radical (unpaired) electrons. The van der Waals surface area contributed by atoms with Gasteiger partial charge >= 0.3 is 6.09 Å². The van der Waals surface area contributed by atoms with E-state index in [0.29, 0.717) is 11.4 Å². The second-order valence-electron chi connectivity index (χ2n) is 5.01. The highest BCUT2D eigenvalue weighted by Crippen LogP contribution is 2.21. The quantitative estimate of drug-likeness (QED) is 0.833. The molecule has 1 amide bonds. The van der Waals surface area contributed by atoms with E-state index < -0.39 is 0 Å². The molecule has 118 valence electrons. The molecule has 0 fully saturated rings. The standard InChI is InChI=1S/C12H15NO2.C3H5N3S/c1-2-15-12(14)13-11-7-9-5-3-4-6-10(9)8-11;1-6-2-4-5-3(6)7/h3-6,11H,2,7-8H2,1H3,(H,13,14);2H,1H3,(H,5,7). The van der Waals surface area contributed by atoms with E-state index in [0.717, 1.165) is 12.8 Å². The Kier molecular flexibility index (Phi) is 5.71. The topological polar surface area (TPSA) is 71.9 Å². The van der Waals surface area contributed by atoms with Crippen molar-refractivity contribution < 1.29 is 9.53 Å². The highest BCUT2D eigenvalue weighted by molar-refractivity contribution is 7.71. The number of nitrogens with zero attached hydrogens (tertiary/aromatic N) is 2. The van der Waals surface area contributed by atoms with Gasteiger partial charge in [-0.05, 0) is 43.1 Å². The fraction of sp³-hybridized carbons (Fsp3) is 0.400. The second kappa shape index (κ2) is 7.74. The zero-order valence-corrected chi connectivity index (χ0v) is 13.5. The van der Waals surface area contributed by atoms with Crippen LogP contribution in [0.25, 0.3) is 0 Å². The lowest BCUT2D eigenvalue weighted by Crippen LogP contribution is -2.35. The first kappa shape index (κ1) is 16.2. The van der Waals surface area contributed by atoms with E-state index in [-0.39, 0.29) is 12.1 Å². The molecule has 3 rings (SSSR count). The number of rotatable bonds is 2. The summed E-state index contributed by atoms with van der Waals surface area (Å²) in [6.07, 6.45) is 3.14. The molecule has 0 spiro atoms. The van der Waals surface area contributed by atoms with Crippen molar-refractivity contribution in [2.45, 2.75) is 25.8 Å². The summed E-state index contributed by atoms with van der Waals surface area (Å²) in [4.78, 5) is 11.2. The van der Waals surface area contributed by atoms with Gasteiger partial charge in [0.1, 0.15) is 6.33 Å². The largest absolute Gasteiger partial charge is 0.450 e. The lowest BCUT2D eigenvalue weighted by atomic mass is 10.1. The van der Waals surface area contributed by atoms with Gasteiger partial charge in [0.15, 0.2) is 4.77 Å². The Hall–Kier alpha value is -2.15. The lowest BCUT2D eigenvalue weighted by molar-refractivity contribution is 0.148. The normalized spacial score (nSPS) is 13.0. The Morgan fingerprint density at radius 3 is 2.50 bits per heavy atom. The molecule has 0 bridgehead atoms. The average molecular weight is 320 g/mol. The molecule has 6 nitrogen and oxygen atoms in total. The molecule has 1 aromatic heterocycles. The van der Waals surface area contributed by atoms with Gasteiger partial charge in [-0.1, -0.05) is 24.3 Å². The molecule has 1 aromatic carbocycles. The number of aromatic nitrogens is 3. The van der Waals surface area contributed by atoms with Gasteiger partial charge in [-0.25, -0.2) is 4.79 Å². The number of carbonyl (C=O) groups is 1. The van der Waals surface area contributed by atoms with Crippen molar-refractivity contribution in [1.82, 2.24) is 20.1 Å². The molecule has 2 N–H and O–H groups in total. The number of alkyl carbamates (subject to hydrolysis) is 1. The van der Waals surface area contributed by atoms with E-state index in [1.54, 1.807) is 10.9 Å². The Labute approximate surface area is 134 Å². The number of benzene rings is 1. The molecule has 0 atom stereocenters. The van der Waals surface area contributed by atoms with Crippen molar-refractivity contribution in [3.8, 4) is 0 Å². The Morgan fingerprint density at radius 1 is 1.45 bits per heavy atom. The summed E-state index contributed by atoms with van der Waals surface area (Å²) in [7, 11) is 1.84. The van der Waals surface area contributed by atoms with E-state index in [1.807, 2.05) is 26.1 Å². The van der Waals surface area contributed by atoms with Crippen molar-refractivity contribution in [3.63, 3.8) is 0 Å². The Bertz CT molecular complexity index is 655. The third kappa shape index (κ3) is 4.42. The number of hydrogen-bond acceptors (Lipinski definition) is 4. The highest BCUT2D eigenvalue weighted by atomic mass is 32.1. The van der Waals surface area contributed by atoms with Crippen LogP contribution in [0.3, 0.4) is 0 Å². The molecule has 1 aliphatic carbocycles. The van der Waals surface area contributed by atoms with Crippen LogP contribution in [-0.4, -0.2) is 33.5 Å². The zero-order chi connectivity index (χ0) is 15.9. The maximum atomic E-state index is 11.2. The van der Waals surface area contributed by atoms with Gasteiger partial charge in [0.2, 0.25) is 0 Å². The first-order valence-electron chi connectivity index (χ1n) is 7.16. The monoisotopic (exact) mass is 320 g/mol. The molecule has 0 saturated heterocycles. The van der Waals surface area contributed by atoms with Crippen LogP contribution >= 0.6 is 12.2 Å². The van der Waals surface area contributed by atoms with Crippen molar-refractivity contribution in [2.75, 3.05) is 6.61 Å². The molecule has 1 aliphatic rings. The first-order chi connectivity index (χ1) is 10.6. The van der Waals surface area contributed by atoms with Gasteiger partial charge in [0.05, 0.1) is 6.61 Å². The number of aromatic amines is 1. The predicted octanol–water partition coefficient (Wildman–Crippen LogP) is 2.38. The number of hydrogen-bond donors (Lipinski definition) is 2. The van der Waals surface area contributed by atoms with E-state index >= 15 is 0 Å². The minimum Gasteiger partial charge on any atom is -0.450 e. The third-order valence-corrected chi connectivity index (χ3v) is 3.74. The van der Waals surface area contributed by atoms with Crippen LogP contribution in [0.5, 0.6) is 0 Å². The minimum absolute atomic E-state index is 0.196. The van der Waals surface area contributed by atoms with E-state index in [1.165, 1.54) is 11.1 Å². The summed E-state index contributed by atoms with van der Waals surface area (Å²) in [5, 5.41) is 9.12. The van der Waals surface area contributed by atoms with Gasteiger partial charge < -0.3 is 14.6 Å². The summed E-state index contributed by atoms with van der Waals surface area (Å²) >= 11 is 4.73. The summed E-state index contributed by atoms with van der Waals surface area (Å²) in [5.41, 5.74) is 2.67. The predicted molar refractivity (Wildman–Crippen MR) is 86.2 cm³/mol. The maximum Gasteiger partial charge on any atom is 0.407 e. The summed E-state index contributed by atoms with van der Waals surface area (Å²) < 4.78 is 7.24. The second-order valence-corrected chi connectivity index (χ2v) is 5.40. The lowest BCUT2D eigenvalue weighted by Gasteiger charge is -2.11. The molecule has 0 unspecified atom stereocenters. The van der Waals surface area contributed by atoms with Crippen molar-refractivity contribution >= 4 is 18.3 Å². The molecule has 2 aromatic rings. The molecular weight excluding hydrogens is 300 g/mol. The summed E-state index contributed by atoms with van der Waals surface area (Å²) in [6, 6.07) is 8.49. The Morgan fingerprint density at radius 2 is 2.09 bits per heavy atom. The number of amides is 1. The van der Waals surface area contributed by atoms with Crippen LogP contribution in [0.2, 0.25) is 0 Å². The number of nitrogens with one attached hydrogen (secondary N) is 2. The molecular formula is C15H20N4O2S. The number of ether oxygens (including phenoxy) is 1. The van der Waals surface area contributed by atoms with Gasteiger partial charge in [-0.15, -0.1) is 0 Å². The SMILES string of the molecule is CCOC(=O)NC1Cc2ccccc2C1.Cn1cn[nH]c1=S. The first-order valence-corrected chi connectivity index (χ1v) is 7.57. The van der Waals surface area contributed by atoms with E-state index in [9.17, 15) is 4.79 Å². The number of fused-ring (bicyclic) bond motifs is 1. The van der Waals surface area contributed by atoms with Gasteiger partial charge in [0.25, 0.3) is 0 Å². The van der Waals surface area contributed by atoms with Crippen LogP contribution in [-0.2, 0) is 24.6 Å². The molecule has 0 aliphatic heterocycles. The van der Waals surface area contributed by atoms with Crippen LogP contribution in [0, 0.1) is 4.77 Å².